The van der Waals surface area contributed by atoms with E-state index in [0.29, 0.717) is 12.4 Å². The van der Waals surface area contributed by atoms with Crippen LogP contribution < -0.4 is 4.74 Å². The lowest BCUT2D eigenvalue weighted by atomic mass is 10.2. The fourth-order valence-electron chi connectivity index (χ4n) is 2.49. The molecule has 0 unspecified atom stereocenters. The van der Waals surface area contributed by atoms with E-state index in [4.69, 9.17) is 4.74 Å². The highest BCUT2D eigenvalue weighted by atomic mass is 16.5. The molecule has 4 rings (SSSR count). The summed E-state index contributed by atoms with van der Waals surface area (Å²) in [5, 5.41) is 14.9. The Labute approximate surface area is 144 Å². The minimum atomic E-state index is 0.401. The van der Waals surface area contributed by atoms with E-state index in [1.54, 1.807) is 6.08 Å². The molecule has 122 valence electrons. The Morgan fingerprint density at radius 2 is 1.80 bits per heavy atom. The molecule has 6 nitrogen and oxygen atoms in total. The van der Waals surface area contributed by atoms with Crippen LogP contribution >= 0.6 is 0 Å². The minimum Gasteiger partial charge on any atom is -0.487 e. The summed E-state index contributed by atoms with van der Waals surface area (Å²) in [4.78, 5) is 4.63. The standard InChI is InChI=1S/C19H15N5O/c1-3-7-17-14(5-1)9-11-16(20-17)13-25-18-8-4-2-6-15(18)10-12-19-21-23-24-22-19/h1-12H,13H2,(H,21,22,23,24). The van der Waals surface area contributed by atoms with Gasteiger partial charge in [0.15, 0.2) is 5.82 Å². The molecule has 2 aromatic carbocycles. The molecule has 2 aromatic heterocycles. The van der Waals surface area contributed by atoms with Crippen LogP contribution in [0, 0.1) is 0 Å². The van der Waals surface area contributed by atoms with Crippen LogP contribution in [0.1, 0.15) is 17.1 Å². The van der Waals surface area contributed by atoms with Crippen molar-refractivity contribution in [3.05, 3.63) is 77.7 Å². The summed E-state index contributed by atoms with van der Waals surface area (Å²) in [6, 6.07) is 19.9. The first kappa shape index (κ1) is 15.0. The van der Waals surface area contributed by atoms with Crippen molar-refractivity contribution in [3.8, 4) is 5.75 Å². The third kappa shape index (κ3) is 3.53. The number of H-pyrrole nitrogens is 1. The van der Waals surface area contributed by atoms with Gasteiger partial charge >= 0.3 is 0 Å². The van der Waals surface area contributed by atoms with Gasteiger partial charge in [-0.15, -0.1) is 10.2 Å². The quantitative estimate of drug-likeness (QED) is 0.606. The molecule has 0 amide bonds. The predicted octanol–water partition coefficient (Wildman–Crippen LogP) is 3.50. The van der Waals surface area contributed by atoms with Crippen LogP contribution in [0.3, 0.4) is 0 Å². The van der Waals surface area contributed by atoms with Crippen molar-refractivity contribution in [1.82, 2.24) is 25.6 Å². The van der Waals surface area contributed by atoms with E-state index in [-0.39, 0.29) is 0 Å². The Morgan fingerprint density at radius 1 is 0.920 bits per heavy atom. The maximum absolute atomic E-state index is 5.96. The van der Waals surface area contributed by atoms with Gasteiger partial charge in [-0.05, 0) is 35.6 Å². The largest absolute Gasteiger partial charge is 0.487 e. The second kappa shape index (κ2) is 6.92. The monoisotopic (exact) mass is 329 g/mol. The first-order valence-corrected chi connectivity index (χ1v) is 7.86. The van der Waals surface area contributed by atoms with Crippen LogP contribution in [0.4, 0.5) is 0 Å². The number of para-hydroxylation sites is 2. The highest BCUT2D eigenvalue weighted by molar-refractivity contribution is 5.78. The molecule has 2 heterocycles. The van der Waals surface area contributed by atoms with Crippen LogP contribution in [0.2, 0.25) is 0 Å². The number of nitrogens with one attached hydrogen (secondary N) is 1. The number of aromatic amines is 1. The lowest BCUT2D eigenvalue weighted by molar-refractivity contribution is 0.301. The number of tetrazole rings is 1. The number of fused-ring (bicyclic) bond motifs is 1. The van der Waals surface area contributed by atoms with Crippen molar-refractivity contribution in [2.45, 2.75) is 6.61 Å². The summed E-state index contributed by atoms with van der Waals surface area (Å²) in [5.41, 5.74) is 2.79. The molecule has 0 saturated heterocycles. The molecule has 6 heteroatoms. The van der Waals surface area contributed by atoms with Crippen LogP contribution in [-0.2, 0) is 6.61 Å². The first-order valence-electron chi connectivity index (χ1n) is 7.86. The van der Waals surface area contributed by atoms with E-state index in [2.05, 4.69) is 31.7 Å². The second-order valence-electron chi connectivity index (χ2n) is 5.43. The number of ether oxygens (including phenoxy) is 1. The summed E-state index contributed by atoms with van der Waals surface area (Å²) < 4.78 is 5.96. The minimum absolute atomic E-state index is 0.401. The van der Waals surface area contributed by atoms with Crippen LogP contribution in [0.25, 0.3) is 23.1 Å². The van der Waals surface area contributed by atoms with Crippen LogP contribution in [-0.4, -0.2) is 25.6 Å². The summed E-state index contributed by atoms with van der Waals surface area (Å²) >= 11 is 0. The molecule has 0 aliphatic carbocycles. The van der Waals surface area contributed by atoms with Gasteiger partial charge in [0.05, 0.1) is 11.2 Å². The van der Waals surface area contributed by atoms with Gasteiger partial charge in [-0.3, -0.25) is 0 Å². The zero-order valence-corrected chi connectivity index (χ0v) is 13.3. The zero-order valence-electron chi connectivity index (χ0n) is 13.3. The van der Waals surface area contributed by atoms with Crippen molar-refractivity contribution >= 4 is 23.1 Å². The topological polar surface area (TPSA) is 76.6 Å². The molecule has 0 bridgehead atoms. The third-order valence-electron chi connectivity index (χ3n) is 3.72. The Bertz CT molecular complexity index is 1010. The highest BCUT2D eigenvalue weighted by Crippen LogP contribution is 2.21. The maximum Gasteiger partial charge on any atom is 0.197 e. The van der Waals surface area contributed by atoms with Crippen LogP contribution in [0.5, 0.6) is 5.75 Å². The van der Waals surface area contributed by atoms with Crippen LogP contribution in [0.15, 0.2) is 60.7 Å². The van der Waals surface area contributed by atoms with Gasteiger partial charge in [-0.1, -0.05) is 42.5 Å². The smallest absolute Gasteiger partial charge is 0.197 e. The normalized spacial score (nSPS) is 11.2. The van der Waals surface area contributed by atoms with Crippen molar-refractivity contribution in [2.24, 2.45) is 0 Å². The summed E-state index contributed by atoms with van der Waals surface area (Å²) in [6.45, 7) is 0.401. The molecular formula is C19H15N5O. The van der Waals surface area contributed by atoms with E-state index in [9.17, 15) is 0 Å². The van der Waals surface area contributed by atoms with E-state index < -0.39 is 0 Å². The number of aromatic nitrogens is 5. The predicted molar refractivity (Wildman–Crippen MR) is 95.6 cm³/mol. The lowest BCUT2D eigenvalue weighted by Crippen LogP contribution is -1.99. The Morgan fingerprint density at radius 3 is 2.72 bits per heavy atom. The number of benzene rings is 2. The van der Waals surface area contributed by atoms with Crippen molar-refractivity contribution in [3.63, 3.8) is 0 Å². The van der Waals surface area contributed by atoms with Crippen molar-refractivity contribution < 1.29 is 4.74 Å². The summed E-state index contributed by atoms with van der Waals surface area (Å²) in [5.74, 6) is 1.29. The molecule has 0 radical (unpaired) electrons. The SMILES string of the molecule is C(=Cc1ccccc1OCc1ccc2ccccc2n1)c1nn[nH]n1. The van der Waals surface area contributed by atoms with Gasteiger partial charge in [0.25, 0.3) is 0 Å². The van der Waals surface area contributed by atoms with E-state index >= 15 is 0 Å². The molecule has 0 aliphatic rings. The third-order valence-corrected chi connectivity index (χ3v) is 3.72. The lowest BCUT2D eigenvalue weighted by Gasteiger charge is -2.09. The maximum atomic E-state index is 5.96. The van der Waals surface area contributed by atoms with Gasteiger partial charge in [0.2, 0.25) is 0 Å². The first-order chi connectivity index (χ1) is 12.4. The zero-order chi connectivity index (χ0) is 16.9. The van der Waals surface area contributed by atoms with Gasteiger partial charge in [0.1, 0.15) is 12.4 Å². The average Bonchev–Trinajstić information content (AvgIpc) is 3.19. The van der Waals surface area contributed by atoms with Gasteiger partial charge in [-0.25, -0.2) is 4.98 Å². The van der Waals surface area contributed by atoms with Crippen molar-refractivity contribution in [2.75, 3.05) is 0 Å². The number of hydrogen-bond acceptors (Lipinski definition) is 5. The van der Waals surface area contributed by atoms with Crippen molar-refractivity contribution in [1.29, 1.82) is 0 Å². The molecule has 0 atom stereocenters. The second-order valence-corrected chi connectivity index (χ2v) is 5.43. The fourth-order valence-corrected chi connectivity index (χ4v) is 2.49. The molecule has 1 N–H and O–H groups in total. The number of nitrogens with zero attached hydrogens (tertiary/aromatic N) is 4. The molecular weight excluding hydrogens is 314 g/mol. The Kier molecular flexibility index (Phi) is 4.16. The summed E-state index contributed by atoms with van der Waals surface area (Å²) in [7, 11) is 0. The molecule has 0 saturated carbocycles. The van der Waals surface area contributed by atoms with Gasteiger partial charge in [-0.2, -0.15) is 5.21 Å². The molecule has 0 aliphatic heterocycles. The fraction of sp³-hybridized carbons (Fsp3) is 0.0526. The highest BCUT2D eigenvalue weighted by Gasteiger charge is 2.03. The van der Waals surface area contributed by atoms with Gasteiger partial charge < -0.3 is 4.74 Å². The van der Waals surface area contributed by atoms with E-state index in [0.717, 1.165) is 27.9 Å². The number of rotatable bonds is 5. The number of hydrogen-bond donors (Lipinski definition) is 1. The molecule has 0 spiro atoms. The number of pyridine rings is 1. The van der Waals surface area contributed by atoms with E-state index in [1.165, 1.54) is 0 Å². The summed E-state index contributed by atoms with van der Waals surface area (Å²) in [6.07, 6.45) is 3.67. The Balaban J connectivity index is 1.52. The molecule has 25 heavy (non-hydrogen) atoms. The average molecular weight is 329 g/mol. The van der Waals surface area contributed by atoms with Gasteiger partial charge in [0, 0.05) is 10.9 Å². The van der Waals surface area contributed by atoms with E-state index in [1.807, 2.05) is 60.7 Å². The molecule has 4 aromatic rings. The molecule has 0 fully saturated rings. The Hall–Kier alpha value is -3.54.